The lowest BCUT2D eigenvalue weighted by Gasteiger charge is -2.23. The molecule has 0 fully saturated rings. The lowest BCUT2D eigenvalue weighted by atomic mass is 9.89. The predicted octanol–water partition coefficient (Wildman–Crippen LogP) is 3.77. The van der Waals surface area contributed by atoms with Gasteiger partial charge in [0, 0.05) is 5.92 Å². The van der Waals surface area contributed by atoms with Crippen LogP contribution in [0, 0.1) is 11.8 Å². The number of Topliss-reactive ketones (excluding diaryl/α,β-unsaturated/α-hetero) is 1. The number of carbonyl (C=O) groups excluding carboxylic acids is 2. The Kier molecular flexibility index (Phi) is 8.84. The third kappa shape index (κ3) is 6.57. The summed E-state index contributed by atoms with van der Waals surface area (Å²) in [6.45, 7) is 7.79. The van der Waals surface area contributed by atoms with Gasteiger partial charge in [0.1, 0.15) is 5.75 Å². The van der Waals surface area contributed by atoms with Gasteiger partial charge in [0.05, 0.1) is 12.6 Å². The standard InChI is InChI=1S/C20H29NO3/c1-5-10-17(13-14-24-18-11-8-7-9-12-18)15(3)20(23)21-19(6-2)16(4)22/h5,7-12,15,17,19H,6,13-14H2,1-4H3,(H,21,23)/b10-5+. The minimum atomic E-state index is -0.397. The normalized spacial score (nSPS) is 14.8. The van der Waals surface area contributed by atoms with Crippen LogP contribution in [-0.4, -0.2) is 24.3 Å². The number of allylic oxidation sites excluding steroid dienone is 2. The third-order valence-electron chi connectivity index (χ3n) is 4.17. The van der Waals surface area contributed by atoms with E-state index in [4.69, 9.17) is 4.74 Å². The van der Waals surface area contributed by atoms with Gasteiger partial charge in [-0.25, -0.2) is 0 Å². The Balaban J connectivity index is 2.58. The van der Waals surface area contributed by atoms with Crippen LogP contribution < -0.4 is 10.1 Å². The molecule has 1 rings (SSSR count). The molecule has 0 aromatic heterocycles. The third-order valence-corrected chi connectivity index (χ3v) is 4.17. The Bertz CT molecular complexity index is 539. The van der Waals surface area contributed by atoms with E-state index in [2.05, 4.69) is 5.32 Å². The number of para-hydroxylation sites is 1. The van der Waals surface area contributed by atoms with Crippen LogP contribution in [0.1, 0.15) is 40.5 Å². The summed E-state index contributed by atoms with van der Waals surface area (Å²) in [5.74, 6) is 0.599. The van der Waals surface area contributed by atoms with Gasteiger partial charge >= 0.3 is 0 Å². The van der Waals surface area contributed by atoms with Crippen molar-refractivity contribution in [3.05, 3.63) is 42.5 Å². The second-order valence-corrected chi connectivity index (χ2v) is 6.01. The van der Waals surface area contributed by atoms with Crippen LogP contribution >= 0.6 is 0 Å². The number of hydrogen-bond donors (Lipinski definition) is 1. The highest BCUT2D eigenvalue weighted by atomic mass is 16.5. The summed E-state index contributed by atoms with van der Waals surface area (Å²) in [5.41, 5.74) is 0. The molecule has 0 aliphatic carbocycles. The fraction of sp³-hybridized carbons (Fsp3) is 0.500. The molecule has 0 saturated heterocycles. The van der Waals surface area contributed by atoms with Gasteiger partial charge in [0.2, 0.25) is 5.91 Å². The van der Waals surface area contributed by atoms with Gasteiger partial charge in [-0.1, -0.05) is 44.2 Å². The van der Waals surface area contributed by atoms with Gasteiger partial charge in [-0.2, -0.15) is 0 Å². The number of ether oxygens (including phenoxy) is 1. The van der Waals surface area contributed by atoms with E-state index in [9.17, 15) is 9.59 Å². The molecule has 1 N–H and O–H groups in total. The first-order chi connectivity index (χ1) is 11.5. The van der Waals surface area contributed by atoms with E-state index in [-0.39, 0.29) is 23.5 Å². The van der Waals surface area contributed by atoms with E-state index >= 15 is 0 Å². The van der Waals surface area contributed by atoms with Crippen molar-refractivity contribution >= 4 is 11.7 Å². The van der Waals surface area contributed by atoms with E-state index in [1.165, 1.54) is 6.92 Å². The first-order valence-corrected chi connectivity index (χ1v) is 8.61. The Hall–Kier alpha value is -2.10. The predicted molar refractivity (Wildman–Crippen MR) is 96.9 cm³/mol. The van der Waals surface area contributed by atoms with E-state index < -0.39 is 6.04 Å². The molecule has 4 nitrogen and oxygen atoms in total. The zero-order valence-corrected chi connectivity index (χ0v) is 15.1. The second-order valence-electron chi connectivity index (χ2n) is 6.01. The number of ketones is 1. The highest BCUT2D eigenvalue weighted by Gasteiger charge is 2.24. The maximum Gasteiger partial charge on any atom is 0.224 e. The summed E-state index contributed by atoms with van der Waals surface area (Å²) in [6, 6.07) is 9.25. The summed E-state index contributed by atoms with van der Waals surface area (Å²) in [4.78, 5) is 23.9. The van der Waals surface area contributed by atoms with Gasteiger partial charge in [-0.15, -0.1) is 0 Å². The number of amides is 1. The molecule has 1 aromatic rings. The maximum absolute atomic E-state index is 12.4. The molecule has 3 unspecified atom stereocenters. The van der Waals surface area contributed by atoms with E-state index in [1.807, 2.05) is 63.3 Å². The fourth-order valence-electron chi connectivity index (χ4n) is 2.58. The summed E-state index contributed by atoms with van der Waals surface area (Å²) >= 11 is 0. The molecule has 0 bridgehead atoms. The van der Waals surface area contributed by atoms with Crippen molar-refractivity contribution in [3.63, 3.8) is 0 Å². The smallest absolute Gasteiger partial charge is 0.224 e. The zero-order chi connectivity index (χ0) is 17.9. The number of rotatable bonds is 10. The van der Waals surface area contributed by atoms with Gasteiger partial charge < -0.3 is 10.1 Å². The average Bonchev–Trinajstić information content (AvgIpc) is 2.58. The Labute approximate surface area is 145 Å². The van der Waals surface area contributed by atoms with Gasteiger partial charge in [0.15, 0.2) is 5.78 Å². The summed E-state index contributed by atoms with van der Waals surface area (Å²) in [7, 11) is 0. The SMILES string of the molecule is C/C=C/C(CCOc1ccccc1)C(C)C(=O)NC(CC)C(C)=O. The van der Waals surface area contributed by atoms with E-state index in [1.54, 1.807) is 0 Å². The van der Waals surface area contributed by atoms with Crippen LogP contribution in [0.3, 0.4) is 0 Å². The Morgan fingerprint density at radius 2 is 1.92 bits per heavy atom. The van der Waals surface area contributed by atoms with Crippen molar-refractivity contribution in [2.24, 2.45) is 11.8 Å². The molecule has 24 heavy (non-hydrogen) atoms. The summed E-state index contributed by atoms with van der Waals surface area (Å²) in [5, 5.41) is 2.85. The maximum atomic E-state index is 12.4. The van der Waals surface area contributed by atoms with Gasteiger partial charge in [-0.05, 0) is 44.7 Å². The van der Waals surface area contributed by atoms with Crippen molar-refractivity contribution in [1.29, 1.82) is 0 Å². The van der Waals surface area contributed by atoms with Crippen LogP contribution in [0.2, 0.25) is 0 Å². The highest BCUT2D eigenvalue weighted by molar-refractivity contribution is 5.88. The molecule has 0 radical (unpaired) electrons. The Morgan fingerprint density at radius 3 is 2.46 bits per heavy atom. The minimum absolute atomic E-state index is 0.00644. The molecule has 0 saturated carbocycles. The molecule has 132 valence electrons. The molecule has 3 atom stereocenters. The molecule has 1 amide bonds. The monoisotopic (exact) mass is 331 g/mol. The number of hydrogen-bond acceptors (Lipinski definition) is 3. The van der Waals surface area contributed by atoms with Crippen molar-refractivity contribution in [2.45, 2.75) is 46.6 Å². The van der Waals surface area contributed by atoms with Crippen LogP contribution in [-0.2, 0) is 9.59 Å². The molecule has 0 heterocycles. The van der Waals surface area contributed by atoms with Crippen LogP contribution in [0.25, 0.3) is 0 Å². The molecule has 1 aromatic carbocycles. The molecule has 4 heteroatoms. The van der Waals surface area contributed by atoms with Gasteiger partial charge in [-0.3, -0.25) is 9.59 Å². The summed E-state index contributed by atoms with van der Waals surface area (Å²) in [6.07, 6.45) is 5.34. The molecular weight excluding hydrogens is 302 g/mol. The quantitative estimate of drug-likeness (QED) is 0.664. The first-order valence-electron chi connectivity index (χ1n) is 8.61. The van der Waals surface area contributed by atoms with Crippen molar-refractivity contribution in [3.8, 4) is 5.75 Å². The number of benzene rings is 1. The lowest BCUT2D eigenvalue weighted by Crippen LogP contribution is -2.43. The van der Waals surface area contributed by atoms with E-state index in [0.29, 0.717) is 13.0 Å². The van der Waals surface area contributed by atoms with Crippen molar-refractivity contribution in [2.75, 3.05) is 6.61 Å². The highest BCUT2D eigenvalue weighted by Crippen LogP contribution is 2.19. The van der Waals surface area contributed by atoms with Crippen LogP contribution in [0.15, 0.2) is 42.5 Å². The Morgan fingerprint density at radius 1 is 1.25 bits per heavy atom. The molecule has 0 spiro atoms. The fourth-order valence-corrected chi connectivity index (χ4v) is 2.58. The number of carbonyl (C=O) groups is 2. The van der Waals surface area contributed by atoms with Crippen LogP contribution in [0.4, 0.5) is 0 Å². The van der Waals surface area contributed by atoms with Gasteiger partial charge in [0.25, 0.3) is 0 Å². The first kappa shape index (κ1) is 19.9. The largest absolute Gasteiger partial charge is 0.494 e. The zero-order valence-electron chi connectivity index (χ0n) is 15.1. The topological polar surface area (TPSA) is 55.4 Å². The molecule has 0 aliphatic rings. The minimum Gasteiger partial charge on any atom is -0.494 e. The van der Waals surface area contributed by atoms with Crippen LogP contribution in [0.5, 0.6) is 5.75 Å². The lowest BCUT2D eigenvalue weighted by molar-refractivity contribution is -0.130. The van der Waals surface area contributed by atoms with Crippen molar-refractivity contribution in [1.82, 2.24) is 5.32 Å². The molecular formula is C20H29NO3. The average molecular weight is 331 g/mol. The van der Waals surface area contributed by atoms with Crippen molar-refractivity contribution < 1.29 is 14.3 Å². The second kappa shape index (κ2) is 10.6. The number of nitrogens with one attached hydrogen (secondary N) is 1. The summed E-state index contributed by atoms with van der Waals surface area (Å²) < 4.78 is 5.73. The van der Waals surface area contributed by atoms with E-state index in [0.717, 1.165) is 12.2 Å². The molecule has 0 aliphatic heterocycles.